The molecule has 0 spiro atoms. The van der Waals surface area contributed by atoms with Gasteiger partial charge in [-0.2, -0.15) is 0 Å². The van der Waals surface area contributed by atoms with Gasteiger partial charge in [-0.05, 0) is 20.8 Å². The van der Waals surface area contributed by atoms with E-state index in [2.05, 4.69) is 27.0 Å². The minimum atomic E-state index is -0.616. The molecule has 0 bridgehead atoms. The average molecular weight is 253 g/mol. The number of β-amino-alcohol motifs (C(OH)–C–C–N with tert-alkyl or cyclic N) is 1. The summed E-state index contributed by atoms with van der Waals surface area (Å²) in [6, 6.07) is 0. The smallest absolute Gasteiger partial charge is 0.147 e. The van der Waals surface area contributed by atoms with E-state index in [1.807, 2.05) is 24.7 Å². The van der Waals surface area contributed by atoms with Crippen LogP contribution >= 0.6 is 0 Å². The predicted molar refractivity (Wildman–Crippen MR) is 70.6 cm³/mol. The molecule has 102 valence electrons. The topological polar surface area (TPSA) is 57.4 Å². The van der Waals surface area contributed by atoms with Crippen LogP contribution in [0.2, 0.25) is 0 Å². The highest BCUT2D eigenvalue weighted by Crippen LogP contribution is 2.15. The van der Waals surface area contributed by atoms with Crippen LogP contribution in [-0.4, -0.2) is 63.3 Å². The molecule has 0 aliphatic carbocycles. The Hall–Kier alpha value is -1.14. The Morgan fingerprint density at radius 3 is 2.50 bits per heavy atom. The van der Waals surface area contributed by atoms with Crippen LogP contribution in [0.4, 0.5) is 5.82 Å². The van der Waals surface area contributed by atoms with Crippen molar-refractivity contribution >= 4 is 5.82 Å². The lowest BCUT2D eigenvalue weighted by atomic mass is 10.1. The van der Waals surface area contributed by atoms with Crippen LogP contribution in [-0.2, 0) is 6.54 Å². The molecule has 0 amide bonds. The third-order valence-corrected chi connectivity index (χ3v) is 3.20. The van der Waals surface area contributed by atoms with E-state index in [-0.39, 0.29) is 0 Å². The Bertz CT molecular complexity index is 376. The molecule has 0 saturated carbocycles. The molecule has 1 fully saturated rings. The van der Waals surface area contributed by atoms with Gasteiger partial charge in [0.1, 0.15) is 5.82 Å². The van der Waals surface area contributed by atoms with E-state index in [1.165, 1.54) is 0 Å². The largest absolute Gasteiger partial charge is 0.389 e. The number of rotatable bonds is 4. The van der Waals surface area contributed by atoms with Crippen LogP contribution in [0.25, 0.3) is 0 Å². The molecule has 0 unspecified atom stereocenters. The Labute approximate surface area is 108 Å². The first-order chi connectivity index (χ1) is 8.49. The number of hydrogen-bond donors (Lipinski definition) is 1. The summed E-state index contributed by atoms with van der Waals surface area (Å²) in [5, 5.41) is 17.8. The fourth-order valence-corrected chi connectivity index (χ4v) is 2.40. The van der Waals surface area contributed by atoms with Gasteiger partial charge in [-0.25, -0.2) is 4.68 Å². The maximum absolute atomic E-state index is 9.82. The highest BCUT2D eigenvalue weighted by molar-refractivity contribution is 5.36. The number of aryl methyl sites for hydroxylation is 1. The van der Waals surface area contributed by atoms with Crippen LogP contribution in [0.1, 0.15) is 20.8 Å². The van der Waals surface area contributed by atoms with Gasteiger partial charge in [-0.3, -0.25) is 4.90 Å². The summed E-state index contributed by atoms with van der Waals surface area (Å²) >= 11 is 0. The Kier molecular flexibility index (Phi) is 3.87. The van der Waals surface area contributed by atoms with E-state index < -0.39 is 5.60 Å². The van der Waals surface area contributed by atoms with Crippen molar-refractivity contribution in [2.45, 2.75) is 32.9 Å². The zero-order valence-corrected chi connectivity index (χ0v) is 11.5. The molecule has 0 aromatic carbocycles. The maximum Gasteiger partial charge on any atom is 0.147 e. The van der Waals surface area contributed by atoms with Crippen molar-refractivity contribution in [3.63, 3.8) is 0 Å². The quantitative estimate of drug-likeness (QED) is 0.830. The van der Waals surface area contributed by atoms with Crippen molar-refractivity contribution in [1.29, 1.82) is 0 Å². The Morgan fingerprint density at radius 1 is 1.28 bits per heavy atom. The predicted octanol–water partition coefficient (Wildman–Crippen LogP) is 0.191. The SMILES string of the molecule is CCn1nncc1N1CCN(CC(C)(C)O)CC1. The van der Waals surface area contributed by atoms with Crippen molar-refractivity contribution in [3.05, 3.63) is 6.20 Å². The number of hydrogen-bond acceptors (Lipinski definition) is 5. The van der Waals surface area contributed by atoms with Gasteiger partial charge in [-0.15, -0.1) is 5.10 Å². The number of piperazine rings is 1. The van der Waals surface area contributed by atoms with Crippen molar-refractivity contribution in [1.82, 2.24) is 19.9 Å². The molecule has 2 rings (SSSR count). The molecule has 6 nitrogen and oxygen atoms in total. The van der Waals surface area contributed by atoms with E-state index in [9.17, 15) is 5.11 Å². The maximum atomic E-state index is 9.82. The molecule has 18 heavy (non-hydrogen) atoms. The Balaban J connectivity index is 1.91. The average Bonchev–Trinajstić information content (AvgIpc) is 2.76. The molecule has 2 heterocycles. The highest BCUT2D eigenvalue weighted by Gasteiger charge is 2.24. The van der Waals surface area contributed by atoms with E-state index >= 15 is 0 Å². The summed E-state index contributed by atoms with van der Waals surface area (Å²) in [5.41, 5.74) is -0.616. The van der Waals surface area contributed by atoms with Crippen molar-refractivity contribution < 1.29 is 5.11 Å². The monoisotopic (exact) mass is 253 g/mol. The van der Waals surface area contributed by atoms with E-state index in [0.717, 1.165) is 45.1 Å². The zero-order chi connectivity index (χ0) is 13.2. The van der Waals surface area contributed by atoms with Gasteiger partial charge in [0, 0.05) is 39.3 Å². The first-order valence-electron chi connectivity index (χ1n) is 6.58. The van der Waals surface area contributed by atoms with Gasteiger partial charge in [0.15, 0.2) is 0 Å². The summed E-state index contributed by atoms with van der Waals surface area (Å²) in [4.78, 5) is 4.61. The first-order valence-corrected chi connectivity index (χ1v) is 6.58. The Morgan fingerprint density at radius 2 is 1.94 bits per heavy atom. The number of aromatic nitrogens is 3. The molecule has 1 aliphatic rings. The molecule has 0 radical (unpaired) electrons. The van der Waals surface area contributed by atoms with Gasteiger partial charge in [0.05, 0.1) is 11.8 Å². The molecule has 1 aromatic rings. The van der Waals surface area contributed by atoms with Crippen molar-refractivity contribution in [2.75, 3.05) is 37.6 Å². The summed E-state index contributed by atoms with van der Waals surface area (Å²) in [7, 11) is 0. The lowest BCUT2D eigenvalue weighted by Gasteiger charge is -2.37. The second-order valence-electron chi connectivity index (χ2n) is 5.48. The zero-order valence-electron chi connectivity index (χ0n) is 11.5. The third kappa shape index (κ3) is 3.20. The van der Waals surface area contributed by atoms with Crippen molar-refractivity contribution in [2.24, 2.45) is 0 Å². The van der Waals surface area contributed by atoms with E-state index in [1.54, 1.807) is 0 Å². The van der Waals surface area contributed by atoms with Gasteiger partial charge >= 0.3 is 0 Å². The van der Waals surface area contributed by atoms with Crippen molar-refractivity contribution in [3.8, 4) is 0 Å². The molecular weight excluding hydrogens is 230 g/mol. The number of anilines is 1. The molecule has 1 N–H and O–H groups in total. The van der Waals surface area contributed by atoms with Crippen LogP contribution in [0, 0.1) is 0 Å². The van der Waals surface area contributed by atoms with E-state index in [4.69, 9.17) is 0 Å². The molecule has 1 saturated heterocycles. The van der Waals surface area contributed by atoms with Crippen LogP contribution < -0.4 is 4.90 Å². The third-order valence-electron chi connectivity index (χ3n) is 3.20. The summed E-state index contributed by atoms with van der Waals surface area (Å²) < 4.78 is 1.92. The second-order valence-corrected chi connectivity index (χ2v) is 5.48. The lowest BCUT2D eigenvalue weighted by molar-refractivity contribution is 0.0344. The number of aliphatic hydroxyl groups is 1. The molecule has 1 aliphatic heterocycles. The standard InChI is InChI=1S/C12H23N5O/c1-4-17-11(9-13-14-17)16-7-5-15(6-8-16)10-12(2,3)18/h9,18H,4-8,10H2,1-3H3. The van der Waals surface area contributed by atoms with Gasteiger partial charge in [0.2, 0.25) is 0 Å². The van der Waals surface area contributed by atoms with Crippen LogP contribution in [0.15, 0.2) is 6.20 Å². The van der Waals surface area contributed by atoms with Gasteiger partial charge in [-0.1, -0.05) is 5.21 Å². The number of nitrogens with zero attached hydrogens (tertiary/aromatic N) is 5. The second kappa shape index (κ2) is 5.24. The van der Waals surface area contributed by atoms with Gasteiger partial charge < -0.3 is 10.0 Å². The van der Waals surface area contributed by atoms with E-state index in [0.29, 0.717) is 0 Å². The molecule has 6 heteroatoms. The first kappa shape index (κ1) is 13.3. The summed E-state index contributed by atoms with van der Waals surface area (Å²) in [5.74, 6) is 1.10. The molecule has 1 aromatic heterocycles. The normalized spacial score (nSPS) is 18.3. The summed E-state index contributed by atoms with van der Waals surface area (Å²) in [6.45, 7) is 11.2. The van der Waals surface area contributed by atoms with Crippen LogP contribution in [0.3, 0.4) is 0 Å². The van der Waals surface area contributed by atoms with Crippen LogP contribution in [0.5, 0.6) is 0 Å². The fourth-order valence-electron chi connectivity index (χ4n) is 2.40. The minimum Gasteiger partial charge on any atom is -0.389 e. The highest BCUT2D eigenvalue weighted by atomic mass is 16.3. The molecule has 0 atom stereocenters. The fraction of sp³-hybridized carbons (Fsp3) is 0.833. The summed E-state index contributed by atoms with van der Waals surface area (Å²) in [6.07, 6.45) is 1.83. The molecular formula is C12H23N5O. The minimum absolute atomic E-state index is 0.616. The van der Waals surface area contributed by atoms with Gasteiger partial charge in [0.25, 0.3) is 0 Å². The lowest BCUT2D eigenvalue weighted by Crippen LogP contribution is -2.50.